The predicted molar refractivity (Wildman–Crippen MR) is 152 cm³/mol. The van der Waals surface area contributed by atoms with Crippen LogP contribution in [0.15, 0.2) is 66.7 Å². The van der Waals surface area contributed by atoms with Crippen LogP contribution < -0.4 is 20.2 Å². The molecule has 3 aromatic carbocycles. The summed E-state index contributed by atoms with van der Waals surface area (Å²) in [5, 5.41) is 4.42. The smallest absolute Gasteiger partial charge is 0.397 e. The molecule has 10 heteroatoms. The first-order chi connectivity index (χ1) is 19.4. The van der Waals surface area contributed by atoms with Crippen LogP contribution in [-0.4, -0.2) is 42.1 Å². The maximum atomic E-state index is 14.2. The molecular weight excluding hydrogens is 535 g/mol. The molecule has 0 saturated carbocycles. The first kappa shape index (κ1) is 31.3. The van der Waals surface area contributed by atoms with Gasteiger partial charge < -0.3 is 14.8 Å². The zero-order chi connectivity index (χ0) is 30.2. The van der Waals surface area contributed by atoms with Crippen LogP contribution in [0.5, 0.6) is 11.5 Å². The number of carbonyl (C=O) groups excluding carboxylic acids is 2. The molecule has 0 radical (unpaired) electrons. The Balaban J connectivity index is 1.75. The van der Waals surface area contributed by atoms with Crippen LogP contribution in [0.4, 0.5) is 18.9 Å². The second-order valence-corrected chi connectivity index (χ2v) is 10.2. The van der Waals surface area contributed by atoms with Crippen molar-refractivity contribution in [1.82, 2.24) is 10.4 Å². The molecule has 0 atom stereocenters. The Kier molecular flexibility index (Phi) is 10.6. The molecule has 0 aromatic heterocycles. The molecule has 0 heterocycles. The molecule has 0 aliphatic carbocycles. The van der Waals surface area contributed by atoms with Crippen LogP contribution >= 0.6 is 0 Å². The van der Waals surface area contributed by atoms with E-state index in [2.05, 4.69) is 24.6 Å². The van der Waals surface area contributed by atoms with E-state index in [1.807, 2.05) is 0 Å². The van der Waals surface area contributed by atoms with Crippen molar-refractivity contribution in [2.45, 2.75) is 53.2 Å². The highest BCUT2D eigenvalue weighted by Crippen LogP contribution is 2.39. The Morgan fingerprint density at radius 2 is 1.61 bits per heavy atom. The molecule has 0 bridgehead atoms. The van der Waals surface area contributed by atoms with E-state index in [0.29, 0.717) is 11.5 Å². The molecule has 0 saturated heterocycles. The number of alkyl halides is 2. The summed E-state index contributed by atoms with van der Waals surface area (Å²) in [7, 11) is 0. The third kappa shape index (κ3) is 8.89. The number of nitrogens with zero attached hydrogens (tertiary/aromatic N) is 1. The number of rotatable bonds is 12. The van der Waals surface area contributed by atoms with Crippen LogP contribution in [0.2, 0.25) is 0 Å². The van der Waals surface area contributed by atoms with Gasteiger partial charge in [0.25, 0.3) is 11.8 Å². The van der Waals surface area contributed by atoms with E-state index in [-0.39, 0.29) is 22.6 Å². The standard InChI is InChI=1S/C31H36F3N3O4/c1-6-31(33,34)41-28-10-8-7-9-25(28)26-17-23(32)13-16-27(26)40-19-29(38)37(21(4)5)36-30(39)22-11-14-24(15-12-22)35-18-20(2)3/h7-17,20-21,35H,6,18-19H2,1-5H3,(H,36,39). The maximum absolute atomic E-state index is 14.2. The monoisotopic (exact) mass is 571 g/mol. The van der Waals surface area contributed by atoms with Crippen LogP contribution in [0.3, 0.4) is 0 Å². The van der Waals surface area contributed by atoms with E-state index >= 15 is 0 Å². The van der Waals surface area contributed by atoms with Gasteiger partial charge in [-0.1, -0.05) is 39.0 Å². The number of carbonyl (C=O) groups is 2. The summed E-state index contributed by atoms with van der Waals surface area (Å²) in [6, 6.07) is 16.0. The molecule has 0 aliphatic rings. The second-order valence-electron chi connectivity index (χ2n) is 10.2. The largest absolute Gasteiger partial charge is 0.483 e. The number of anilines is 1. The number of ether oxygens (including phenoxy) is 2. The summed E-state index contributed by atoms with van der Waals surface area (Å²) >= 11 is 0. The number of benzene rings is 3. The fraction of sp³-hybridized carbons (Fsp3) is 0.355. The van der Waals surface area contributed by atoms with Gasteiger partial charge in [0.15, 0.2) is 6.61 Å². The van der Waals surface area contributed by atoms with E-state index in [1.54, 1.807) is 44.2 Å². The van der Waals surface area contributed by atoms with Gasteiger partial charge in [0.2, 0.25) is 0 Å². The van der Waals surface area contributed by atoms with Crippen LogP contribution in [0, 0.1) is 11.7 Å². The lowest BCUT2D eigenvalue weighted by Gasteiger charge is -2.27. The number of nitrogens with one attached hydrogen (secondary N) is 2. The van der Waals surface area contributed by atoms with E-state index < -0.39 is 42.8 Å². The third-order valence-electron chi connectivity index (χ3n) is 6.01. The number of amides is 2. The van der Waals surface area contributed by atoms with E-state index in [4.69, 9.17) is 9.47 Å². The minimum Gasteiger partial charge on any atom is -0.483 e. The van der Waals surface area contributed by atoms with Crippen molar-refractivity contribution >= 4 is 17.5 Å². The lowest BCUT2D eigenvalue weighted by molar-refractivity contribution is -0.177. The Hall–Kier alpha value is -4.21. The first-order valence-corrected chi connectivity index (χ1v) is 13.5. The minimum atomic E-state index is -3.43. The quantitative estimate of drug-likeness (QED) is 0.231. The SMILES string of the molecule is CCC(F)(F)Oc1ccccc1-c1cc(F)ccc1OCC(=O)N(NC(=O)c1ccc(NCC(C)C)cc1)C(C)C. The maximum Gasteiger partial charge on any atom is 0.397 e. The van der Waals surface area contributed by atoms with Crippen molar-refractivity contribution in [2.24, 2.45) is 5.92 Å². The van der Waals surface area contributed by atoms with Crippen molar-refractivity contribution in [3.63, 3.8) is 0 Å². The summed E-state index contributed by atoms with van der Waals surface area (Å²) in [5.74, 6) is -1.30. The third-order valence-corrected chi connectivity index (χ3v) is 6.01. The molecule has 220 valence electrons. The average Bonchev–Trinajstić information content (AvgIpc) is 2.94. The van der Waals surface area contributed by atoms with Crippen molar-refractivity contribution in [1.29, 1.82) is 0 Å². The van der Waals surface area contributed by atoms with E-state index in [1.165, 1.54) is 31.2 Å². The number of para-hydroxylation sites is 1. The summed E-state index contributed by atoms with van der Waals surface area (Å²) in [6.45, 7) is 9.20. The molecule has 0 unspecified atom stereocenters. The molecule has 3 rings (SSSR count). The van der Waals surface area contributed by atoms with Gasteiger partial charge >= 0.3 is 6.11 Å². The number of hydrogen-bond acceptors (Lipinski definition) is 5. The Labute approximate surface area is 238 Å². The summed E-state index contributed by atoms with van der Waals surface area (Å²) in [6.07, 6.45) is -3.99. The van der Waals surface area contributed by atoms with E-state index in [9.17, 15) is 22.8 Å². The van der Waals surface area contributed by atoms with Gasteiger partial charge in [-0.25, -0.2) is 9.40 Å². The fourth-order valence-corrected chi connectivity index (χ4v) is 3.77. The molecule has 7 nitrogen and oxygen atoms in total. The molecular formula is C31H36F3N3O4. The van der Waals surface area contributed by atoms with Crippen molar-refractivity contribution in [3.8, 4) is 22.6 Å². The predicted octanol–water partition coefficient (Wildman–Crippen LogP) is 6.90. The highest BCUT2D eigenvalue weighted by Gasteiger charge is 2.30. The fourth-order valence-electron chi connectivity index (χ4n) is 3.77. The molecule has 0 spiro atoms. The normalized spacial score (nSPS) is 11.4. The van der Waals surface area contributed by atoms with Crippen LogP contribution in [-0.2, 0) is 4.79 Å². The highest BCUT2D eigenvalue weighted by molar-refractivity contribution is 5.96. The highest BCUT2D eigenvalue weighted by atomic mass is 19.3. The Morgan fingerprint density at radius 1 is 0.927 bits per heavy atom. The van der Waals surface area contributed by atoms with Gasteiger partial charge in [0.05, 0.1) is 0 Å². The molecule has 0 fully saturated rings. The second kappa shape index (κ2) is 13.9. The Morgan fingerprint density at radius 3 is 2.24 bits per heavy atom. The first-order valence-electron chi connectivity index (χ1n) is 13.5. The molecule has 3 aromatic rings. The summed E-state index contributed by atoms with van der Waals surface area (Å²) < 4.78 is 52.9. The lowest BCUT2D eigenvalue weighted by atomic mass is 10.0. The van der Waals surface area contributed by atoms with Gasteiger partial charge in [-0.2, -0.15) is 8.78 Å². The van der Waals surface area contributed by atoms with Crippen LogP contribution in [0.25, 0.3) is 11.1 Å². The van der Waals surface area contributed by atoms with Gasteiger partial charge in [-0.3, -0.25) is 15.0 Å². The number of halogens is 3. The Bertz CT molecular complexity index is 1330. The zero-order valence-corrected chi connectivity index (χ0v) is 23.8. The lowest BCUT2D eigenvalue weighted by Crippen LogP contribution is -2.51. The molecule has 2 amide bonds. The average molecular weight is 572 g/mol. The van der Waals surface area contributed by atoms with Gasteiger partial charge in [0, 0.05) is 41.4 Å². The molecule has 41 heavy (non-hydrogen) atoms. The summed E-state index contributed by atoms with van der Waals surface area (Å²) in [4.78, 5) is 26.0. The summed E-state index contributed by atoms with van der Waals surface area (Å²) in [5.41, 5.74) is 4.15. The van der Waals surface area contributed by atoms with Crippen molar-refractivity contribution in [3.05, 3.63) is 78.1 Å². The van der Waals surface area contributed by atoms with Gasteiger partial charge in [0.1, 0.15) is 17.3 Å². The van der Waals surface area contributed by atoms with Crippen molar-refractivity contribution < 1.29 is 32.2 Å². The molecule has 0 aliphatic heterocycles. The van der Waals surface area contributed by atoms with Gasteiger partial charge in [-0.05, 0) is 68.3 Å². The molecule has 2 N–H and O–H groups in total. The number of hydrazine groups is 1. The topological polar surface area (TPSA) is 79.9 Å². The number of hydrogen-bond donors (Lipinski definition) is 2. The zero-order valence-electron chi connectivity index (χ0n) is 23.8. The minimum absolute atomic E-state index is 0.0788. The van der Waals surface area contributed by atoms with Crippen LogP contribution in [0.1, 0.15) is 51.4 Å². The van der Waals surface area contributed by atoms with E-state index in [0.717, 1.165) is 29.4 Å². The van der Waals surface area contributed by atoms with Gasteiger partial charge in [-0.15, -0.1) is 0 Å². The van der Waals surface area contributed by atoms with Crippen molar-refractivity contribution in [2.75, 3.05) is 18.5 Å².